The zero-order valence-corrected chi connectivity index (χ0v) is 15.4. The molecule has 1 aromatic heterocycles. The van der Waals surface area contributed by atoms with Gasteiger partial charge >= 0.3 is 0 Å². The van der Waals surface area contributed by atoms with Gasteiger partial charge in [-0.3, -0.25) is 0 Å². The molecule has 9 heteroatoms. The molecule has 6 nitrogen and oxygen atoms in total. The molecule has 0 aliphatic carbocycles. The molecule has 2 rings (SSSR count). The minimum absolute atomic E-state index is 0.000844. The van der Waals surface area contributed by atoms with Crippen LogP contribution in [-0.4, -0.2) is 31.4 Å². The average Bonchev–Trinajstić information content (AvgIpc) is 2.57. The van der Waals surface area contributed by atoms with E-state index in [0.29, 0.717) is 18.1 Å². The second-order valence-electron chi connectivity index (χ2n) is 5.18. The van der Waals surface area contributed by atoms with E-state index < -0.39 is 16.0 Å². The molecule has 0 bridgehead atoms. The Bertz CT molecular complexity index is 813. The zero-order valence-electron chi connectivity index (χ0n) is 13.9. The molecule has 0 saturated carbocycles. The van der Waals surface area contributed by atoms with Gasteiger partial charge < -0.3 is 4.74 Å². The van der Waals surface area contributed by atoms with Crippen molar-refractivity contribution in [3.05, 3.63) is 58.5 Å². The molecule has 0 fully saturated rings. The monoisotopic (exact) mass is 387 g/mol. The Morgan fingerprint density at radius 1 is 1.32 bits per heavy atom. The van der Waals surface area contributed by atoms with E-state index in [0.717, 1.165) is 4.31 Å². The average molecular weight is 388 g/mol. The van der Waals surface area contributed by atoms with Gasteiger partial charge in [0.05, 0.1) is 6.61 Å². The molecular formula is C16H19ClFN3O3S. The van der Waals surface area contributed by atoms with Gasteiger partial charge in [0.15, 0.2) is 0 Å². The summed E-state index contributed by atoms with van der Waals surface area (Å²) in [6.07, 6.45) is 1.56. The Labute approximate surface area is 151 Å². The number of rotatable bonds is 8. The third-order valence-corrected chi connectivity index (χ3v) is 5.24. The van der Waals surface area contributed by atoms with E-state index in [-0.39, 0.29) is 23.7 Å². The van der Waals surface area contributed by atoms with Crippen LogP contribution in [0.15, 0.2) is 36.5 Å². The summed E-state index contributed by atoms with van der Waals surface area (Å²) >= 11 is 5.95. The molecular weight excluding hydrogens is 369 g/mol. The summed E-state index contributed by atoms with van der Waals surface area (Å²) in [7, 11) is -2.50. The van der Waals surface area contributed by atoms with Gasteiger partial charge in [-0.25, -0.2) is 9.37 Å². The first-order chi connectivity index (χ1) is 11.8. The second kappa shape index (κ2) is 8.57. The predicted molar refractivity (Wildman–Crippen MR) is 94.0 cm³/mol. The highest BCUT2D eigenvalue weighted by atomic mass is 35.5. The quantitative estimate of drug-likeness (QED) is 0.756. The van der Waals surface area contributed by atoms with Crippen molar-refractivity contribution in [2.24, 2.45) is 0 Å². The SMILES string of the molecule is CCOc1ncccc1CNS(=O)(=O)N(C)Cc1c(F)cccc1Cl. The molecule has 2 aromatic rings. The number of nitrogens with zero attached hydrogens (tertiary/aromatic N) is 2. The molecule has 0 spiro atoms. The Balaban J connectivity index is 2.09. The van der Waals surface area contributed by atoms with Crippen molar-refractivity contribution in [1.82, 2.24) is 14.0 Å². The zero-order chi connectivity index (χ0) is 18.4. The van der Waals surface area contributed by atoms with Crippen LogP contribution in [0.2, 0.25) is 5.02 Å². The van der Waals surface area contributed by atoms with Crippen LogP contribution in [0.25, 0.3) is 0 Å². The number of halogens is 2. The molecule has 0 atom stereocenters. The van der Waals surface area contributed by atoms with E-state index in [1.807, 2.05) is 6.92 Å². The number of nitrogens with one attached hydrogen (secondary N) is 1. The fourth-order valence-corrected chi connectivity index (χ4v) is 3.18. The minimum atomic E-state index is -3.85. The van der Waals surface area contributed by atoms with Gasteiger partial charge in [-0.2, -0.15) is 17.4 Å². The summed E-state index contributed by atoms with van der Waals surface area (Å²) < 4.78 is 47.4. The highest BCUT2D eigenvalue weighted by Gasteiger charge is 2.21. The highest BCUT2D eigenvalue weighted by molar-refractivity contribution is 7.87. The van der Waals surface area contributed by atoms with Crippen molar-refractivity contribution in [2.45, 2.75) is 20.0 Å². The van der Waals surface area contributed by atoms with Crippen molar-refractivity contribution in [3.8, 4) is 5.88 Å². The van der Waals surface area contributed by atoms with Crippen LogP contribution in [0, 0.1) is 5.82 Å². The second-order valence-corrected chi connectivity index (χ2v) is 7.45. The number of benzene rings is 1. The Hall–Kier alpha value is -1.74. The van der Waals surface area contributed by atoms with Gasteiger partial charge in [-0.05, 0) is 25.1 Å². The third-order valence-electron chi connectivity index (χ3n) is 3.43. The lowest BCUT2D eigenvalue weighted by molar-refractivity contribution is 0.322. The molecule has 1 aromatic carbocycles. The summed E-state index contributed by atoms with van der Waals surface area (Å²) in [5.41, 5.74) is 0.721. The molecule has 25 heavy (non-hydrogen) atoms. The summed E-state index contributed by atoms with van der Waals surface area (Å²) in [6.45, 7) is 2.05. The summed E-state index contributed by atoms with van der Waals surface area (Å²) in [6, 6.07) is 7.62. The number of aromatic nitrogens is 1. The van der Waals surface area contributed by atoms with Gasteiger partial charge in [-0.15, -0.1) is 0 Å². The van der Waals surface area contributed by atoms with E-state index in [4.69, 9.17) is 16.3 Å². The minimum Gasteiger partial charge on any atom is -0.478 e. The van der Waals surface area contributed by atoms with Crippen molar-refractivity contribution in [1.29, 1.82) is 0 Å². The fourth-order valence-electron chi connectivity index (χ4n) is 2.10. The molecule has 0 unspecified atom stereocenters. The first-order valence-corrected chi connectivity index (χ1v) is 9.37. The standard InChI is InChI=1S/C16H19ClFN3O3S/c1-3-24-16-12(6-5-9-19-16)10-20-25(22,23)21(2)11-13-14(17)7-4-8-15(13)18/h4-9,20H,3,10-11H2,1-2H3. The molecule has 1 N–H and O–H groups in total. The smallest absolute Gasteiger partial charge is 0.279 e. The molecule has 0 aliphatic rings. The van der Waals surface area contributed by atoms with Gasteiger partial charge in [0.25, 0.3) is 10.2 Å². The van der Waals surface area contributed by atoms with Gasteiger partial charge in [0.1, 0.15) is 5.82 Å². The Morgan fingerprint density at radius 2 is 2.08 bits per heavy atom. The van der Waals surface area contributed by atoms with Crippen molar-refractivity contribution < 1.29 is 17.5 Å². The summed E-state index contributed by atoms with van der Waals surface area (Å²) in [5.74, 6) is -0.187. The van der Waals surface area contributed by atoms with E-state index in [1.165, 1.54) is 25.2 Å². The van der Waals surface area contributed by atoms with Crippen molar-refractivity contribution in [3.63, 3.8) is 0 Å². The number of pyridine rings is 1. The number of hydrogen-bond acceptors (Lipinski definition) is 4. The van der Waals surface area contributed by atoms with E-state index in [2.05, 4.69) is 9.71 Å². The topological polar surface area (TPSA) is 71.5 Å². The van der Waals surface area contributed by atoms with E-state index >= 15 is 0 Å². The van der Waals surface area contributed by atoms with Gasteiger partial charge in [-0.1, -0.05) is 23.7 Å². The Kier molecular flexibility index (Phi) is 6.71. The van der Waals surface area contributed by atoms with Crippen molar-refractivity contribution in [2.75, 3.05) is 13.7 Å². The Morgan fingerprint density at radius 3 is 2.76 bits per heavy atom. The first kappa shape index (κ1) is 19.6. The van der Waals surface area contributed by atoms with Crippen LogP contribution < -0.4 is 9.46 Å². The van der Waals surface area contributed by atoms with Crippen LogP contribution in [0.3, 0.4) is 0 Å². The molecule has 0 saturated heterocycles. The maximum Gasteiger partial charge on any atom is 0.279 e. The van der Waals surface area contributed by atoms with E-state index in [9.17, 15) is 12.8 Å². The van der Waals surface area contributed by atoms with Crippen LogP contribution in [-0.2, 0) is 23.3 Å². The molecule has 0 aliphatic heterocycles. The van der Waals surface area contributed by atoms with Crippen LogP contribution in [0.4, 0.5) is 4.39 Å². The van der Waals surface area contributed by atoms with Crippen molar-refractivity contribution >= 4 is 21.8 Å². The normalized spacial score (nSPS) is 11.7. The highest BCUT2D eigenvalue weighted by Crippen LogP contribution is 2.21. The first-order valence-electron chi connectivity index (χ1n) is 7.55. The maximum atomic E-state index is 13.8. The molecule has 0 radical (unpaired) electrons. The van der Waals surface area contributed by atoms with Crippen LogP contribution in [0.5, 0.6) is 5.88 Å². The van der Waals surface area contributed by atoms with Crippen LogP contribution >= 0.6 is 11.6 Å². The molecule has 0 amide bonds. The molecule has 1 heterocycles. The third kappa shape index (κ3) is 5.12. The van der Waals surface area contributed by atoms with Gasteiger partial charge in [0, 0.05) is 42.5 Å². The summed E-state index contributed by atoms with van der Waals surface area (Å²) in [4.78, 5) is 4.07. The lowest BCUT2D eigenvalue weighted by Crippen LogP contribution is -2.37. The number of hydrogen-bond donors (Lipinski definition) is 1. The summed E-state index contributed by atoms with van der Waals surface area (Å²) in [5, 5.41) is 0.174. The maximum absolute atomic E-state index is 13.8. The lowest BCUT2D eigenvalue weighted by atomic mass is 10.2. The lowest BCUT2D eigenvalue weighted by Gasteiger charge is -2.19. The largest absolute Gasteiger partial charge is 0.478 e. The predicted octanol–water partition coefficient (Wildman–Crippen LogP) is 2.74. The van der Waals surface area contributed by atoms with E-state index in [1.54, 1.807) is 18.3 Å². The van der Waals surface area contributed by atoms with Gasteiger partial charge in [0.2, 0.25) is 5.88 Å². The van der Waals surface area contributed by atoms with Crippen LogP contribution in [0.1, 0.15) is 18.1 Å². The fraction of sp³-hybridized carbons (Fsp3) is 0.312. The molecule has 136 valence electrons. The number of ether oxygens (including phenoxy) is 1.